The second kappa shape index (κ2) is 3.58. The summed E-state index contributed by atoms with van der Waals surface area (Å²) in [5.74, 6) is 0.611. The van der Waals surface area contributed by atoms with Gasteiger partial charge >= 0.3 is 0 Å². The summed E-state index contributed by atoms with van der Waals surface area (Å²) in [5.41, 5.74) is 5.01. The fraction of sp³-hybridized carbons (Fsp3) is 0.412. The summed E-state index contributed by atoms with van der Waals surface area (Å²) in [6.45, 7) is 4.71. The minimum absolute atomic E-state index is 0.244. The number of piperidine rings is 1. The van der Waals surface area contributed by atoms with Crippen LogP contribution in [0, 0.1) is 5.92 Å². The largest absolute Gasteiger partial charge is 0.288 e. The summed E-state index contributed by atoms with van der Waals surface area (Å²) in [6, 6.07) is 9.05. The van der Waals surface area contributed by atoms with Gasteiger partial charge in [-0.15, -0.1) is 0 Å². The molecule has 0 amide bonds. The molecule has 1 nitrogen and oxygen atoms in total. The maximum absolute atomic E-state index is 2.72. The average molecular weight is 237 g/mol. The first kappa shape index (κ1) is 10.6. The molecule has 4 rings (SSSR count). The number of hydrogen-bond acceptors (Lipinski definition) is 1. The Bertz CT molecular complexity index is 554. The van der Waals surface area contributed by atoms with Crippen LogP contribution in [0.15, 0.2) is 48.1 Å². The van der Waals surface area contributed by atoms with Gasteiger partial charge in [-0.05, 0) is 24.0 Å². The van der Waals surface area contributed by atoms with Gasteiger partial charge in [0.15, 0.2) is 0 Å². The second-order valence-corrected chi connectivity index (χ2v) is 5.71. The minimum Gasteiger partial charge on any atom is -0.288 e. The van der Waals surface area contributed by atoms with Crippen molar-refractivity contribution in [2.24, 2.45) is 5.92 Å². The van der Waals surface area contributed by atoms with Crippen molar-refractivity contribution in [3.05, 3.63) is 59.2 Å². The van der Waals surface area contributed by atoms with E-state index in [9.17, 15) is 0 Å². The molecule has 0 radical (unpaired) electrons. The SMILES string of the molecule is CC[C@@]12c3ccccc3CN1CCC1=CC=CC12. The molecule has 3 aliphatic rings. The third-order valence-electron chi connectivity index (χ3n) is 5.15. The monoisotopic (exact) mass is 237 g/mol. The topological polar surface area (TPSA) is 3.24 Å². The molecule has 0 bridgehead atoms. The third-order valence-corrected chi connectivity index (χ3v) is 5.15. The smallest absolute Gasteiger partial charge is 0.0564 e. The first-order chi connectivity index (χ1) is 8.86. The fourth-order valence-electron chi connectivity index (χ4n) is 4.36. The van der Waals surface area contributed by atoms with E-state index in [1.165, 1.54) is 19.4 Å². The van der Waals surface area contributed by atoms with E-state index in [1.54, 1.807) is 16.7 Å². The van der Waals surface area contributed by atoms with Crippen LogP contribution in [0.3, 0.4) is 0 Å². The Labute approximate surface area is 109 Å². The van der Waals surface area contributed by atoms with Gasteiger partial charge < -0.3 is 0 Å². The summed E-state index contributed by atoms with van der Waals surface area (Å²) in [4.78, 5) is 2.72. The molecule has 1 aromatic carbocycles. The predicted molar refractivity (Wildman–Crippen MR) is 74.2 cm³/mol. The van der Waals surface area contributed by atoms with Crippen molar-refractivity contribution in [2.75, 3.05) is 6.54 Å². The van der Waals surface area contributed by atoms with Crippen molar-refractivity contribution in [1.82, 2.24) is 4.90 Å². The van der Waals surface area contributed by atoms with Crippen LogP contribution in [0.5, 0.6) is 0 Å². The lowest BCUT2D eigenvalue weighted by Crippen LogP contribution is -2.50. The van der Waals surface area contributed by atoms with E-state index in [-0.39, 0.29) is 5.54 Å². The summed E-state index contributed by atoms with van der Waals surface area (Å²) in [5, 5.41) is 0. The molecule has 1 aromatic rings. The van der Waals surface area contributed by atoms with E-state index >= 15 is 0 Å². The molecule has 0 saturated carbocycles. The van der Waals surface area contributed by atoms with Crippen LogP contribution in [-0.4, -0.2) is 11.4 Å². The maximum Gasteiger partial charge on any atom is 0.0564 e. The molecule has 2 aliphatic heterocycles. The van der Waals surface area contributed by atoms with Gasteiger partial charge in [-0.2, -0.15) is 0 Å². The number of fused-ring (bicyclic) bond motifs is 5. The molecular formula is C17H19N. The quantitative estimate of drug-likeness (QED) is 0.721. The number of allylic oxidation sites excluding steroid dienone is 2. The molecule has 0 aromatic heterocycles. The molecule has 0 N–H and O–H groups in total. The predicted octanol–water partition coefficient (Wildman–Crippen LogP) is 3.62. The summed E-state index contributed by atoms with van der Waals surface area (Å²) in [7, 11) is 0. The van der Waals surface area contributed by atoms with Crippen LogP contribution in [0.4, 0.5) is 0 Å². The third kappa shape index (κ3) is 1.11. The Morgan fingerprint density at radius 1 is 1.33 bits per heavy atom. The molecule has 2 heterocycles. The average Bonchev–Trinajstić information content (AvgIpc) is 3.00. The highest BCUT2D eigenvalue weighted by Crippen LogP contribution is 2.54. The molecule has 0 spiro atoms. The van der Waals surface area contributed by atoms with Crippen molar-refractivity contribution in [1.29, 1.82) is 0 Å². The molecule has 1 aliphatic carbocycles. The Morgan fingerprint density at radius 2 is 2.22 bits per heavy atom. The zero-order chi connectivity index (χ0) is 12.2. The standard InChI is InChI=1S/C17H19N/c1-2-17-15-9-5-7-13(15)10-11-18(17)12-14-6-3-4-8-16(14)17/h3-9,15H,2,10-12H2,1H3/t15?,17-/m1/s1. The molecule has 1 heteroatoms. The van der Waals surface area contributed by atoms with Crippen LogP contribution in [0.2, 0.25) is 0 Å². The summed E-state index contributed by atoms with van der Waals surface area (Å²) < 4.78 is 0. The minimum atomic E-state index is 0.244. The Kier molecular flexibility index (Phi) is 2.10. The van der Waals surface area contributed by atoms with Crippen LogP contribution < -0.4 is 0 Å². The van der Waals surface area contributed by atoms with Crippen molar-refractivity contribution in [2.45, 2.75) is 31.8 Å². The van der Waals surface area contributed by atoms with Gasteiger partial charge in [-0.3, -0.25) is 4.90 Å². The van der Waals surface area contributed by atoms with E-state index < -0.39 is 0 Å². The molecule has 18 heavy (non-hydrogen) atoms. The van der Waals surface area contributed by atoms with E-state index in [1.807, 2.05) is 0 Å². The molecular weight excluding hydrogens is 218 g/mol. The molecule has 2 atom stereocenters. The first-order valence-corrected chi connectivity index (χ1v) is 7.07. The van der Waals surface area contributed by atoms with Gasteiger partial charge in [0.1, 0.15) is 0 Å². The van der Waals surface area contributed by atoms with Crippen molar-refractivity contribution >= 4 is 0 Å². The summed E-state index contributed by atoms with van der Waals surface area (Å²) >= 11 is 0. The zero-order valence-electron chi connectivity index (χ0n) is 10.9. The number of nitrogens with zero attached hydrogens (tertiary/aromatic N) is 1. The Hall–Kier alpha value is -1.34. The summed E-state index contributed by atoms with van der Waals surface area (Å²) in [6.07, 6.45) is 9.49. The van der Waals surface area contributed by atoms with E-state index in [0.717, 1.165) is 6.54 Å². The Balaban J connectivity index is 1.94. The maximum atomic E-state index is 2.72. The highest BCUT2D eigenvalue weighted by Gasteiger charge is 2.51. The number of benzene rings is 1. The van der Waals surface area contributed by atoms with Crippen LogP contribution in [-0.2, 0) is 12.1 Å². The zero-order valence-corrected chi connectivity index (χ0v) is 10.9. The van der Waals surface area contributed by atoms with Gasteiger partial charge in [0, 0.05) is 19.0 Å². The lowest BCUT2D eigenvalue weighted by Gasteiger charge is -2.48. The van der Waals surface area contributed by atoms with Crippen LogP contribution in [0.25, 0.3) is 0 Å². The van der Waals surface area contributed by atoms with Gasteiger partial charge in [0.25, 0.3) is 0 Å². The van der Waals surface area contributed by atoms with E-state index in [0.29, 0.717) is 5.92 Å². The second-order valence-electron chi connectivity index (χ2n) is 5.71. The lowest BCUT2D eigenvalue weighted by molar-refractivity contribution is 0.0467. The first-order valence-electron chi connectivity index (χ1n) is 7.07. The lowest BCUT2D eigenvalue weighted by atomic mass is 9.70. The number of hydrogen-bond donors (Lipinski definition) is 0. The fourth-order valence-corrected chi connectivity index (χ4v) is 4.36. The van der Waals surface area contributed by atoms with Gasteiger partial charge in [0.2, 0.25) is 0 Å². The highest BCUT2D eigenvalue weighted by atomic mass is 15.2. The normalized spacial score (nSPS) is 32.9. The Morgan fingerprint density at radius 3 is 3.11 bits per heavy atom. The van der Waals surface area contributed by atoms with E-state index in [2.05, 4.69) is 54.3 Å². The molecule has 1 saturated heterocycles. The van der Waals surface area contributed by atoms with Gasteiger partial charge in [-0.25, -0.2) is 0 Å². The van der Waals surface area contributed by atoms with Crippen molar-refractivity contribution in [3.8, 4) is 0 Å². The van der Waals surface area contributed by atoms with Gasteiger partial charge in [-0.1, -0.05) is 55.0 Å². The number of rotatable bonds is 1. The van der Waals surface area contributed by atoms with Crippen LogP contribution in [0.1, 0.15) is 30.9 Å². The molecule has 1 fully saturated rings. The highest BCUT2D eigenvalue weighted by molar-refractivity contribution is 5.46. The van der Waals surface area contributed by atoms with Gasteiger partial charge in [0.05, 0.1) is 5.54 Å². The van der Waals surface area contributed by atoms with Crippen molar-refractivity contribution < 1.29 is 0 Å². The molecule has 1 unspecified atom stereocenters. The van der Waals surface area contributed by atoms with E-state index in [4.69, 9.17) is 0 Å². The van der Waals surface area contributed by atoms with Crippen LogP contribution >= 0.6 is 0 Å². The molecule has 92 valence electrons. The van der Waals surface area contributed by atoms with Crippen molar-refractivity contribution in [3.63, 3.8) is 0 Å².